The summed E-state index contributed by atoms with van der Waals surface area (Å²) in [6.45, 7) is 4.38. The van der Waals surface area contributed by atoms with Gasteiger partial charge in [0.05, 0.1) is 12.0 Å². The Morgan fingerprint density at radius 1 is 1.26 bits per heavy atom. The molecule has 148 valence electrons. The van der Waals surface area contributed by atoms with Gasteiger partial charge in [-0.15, -0.1) is 11.8 Å². The molecule has 1 heterocycles. The maximum Gasteiger partial charge on any atom is 0.329 e. The Bertz CT molecular complexity index is 661. The second-order valence-electron chi connectivity index (χ2n) is 7.51. The van der Waals surface area contributed by atoms with E-state index in [-0.39, 0.29) is 17.4 Å². The molecule has 1 aliphatic carbocycles. The predicted molar refractivity (Wildman–Crippen MR) is 110 cm³/mol. The number of carbonyl (C=O) groups excluding carboxylic acids is 2. The van der Waals surface area contributed by atoms with Crippen molar-refractivity contribution in [1.29, 1.82) is 0 Å². The first kappa shape index (κ1) is 20.1. The number of ether oxygens (including phenoxy) is 1. The number of aryl methyl sites for hydroxylation is 1. The summed E-state index contributed by atoms with van der Waals surface area (Å²) in [5.74, 6) is 0.795. The summed E-state index contributed by atoms with van der Waals surface area (Å²) in [7, 11) is 0. The number of thioether (sulfide) groups is 1. The van der Waals surface area contributed by atoms with Crippen LogP contribution in [-0.2, 0) is 9.53 Å². The highest BCUT2D eigenvalue weighted by Gasteiger charge is 2.45. The van der Waals surface area contributed by atoms with Crippen LogP contribution in [-0.4, -0.2) is 40.7 Å². The van der Waals surface area contributed by atoms with Crippen LogP contribution in [0.1, 0.15) is 51.0 Å². The third-order valence-corrected chi connectivity index (χ3v) is 6.77. The Morgan fingerprint density at radius 3 is 2.74 bits per heavy atom. The number of hydrogen-bond donors (Lipinski definition) is 1. The van der Waals surface area contributed by atoms with Crippen molar-refractivity contribution in [2.75, 3.05) is 17.7 Å². The highest BCUT2D eigenvalue weighted by molar-refractivity contribution is 8.00. The maximum absolute atomic E-state index is 13.2. The number of nitrogens with zero attached hydrogens (tertiary/aromatic N) is 1. The molecule has 2 amide bonds. The van der Waals surface area contributed by atoms with Gasteiger partial charge in [-0.25, -0.2) is 9.59 Å². The van der Waals surface area contributed by atoms with Crippen LogP contribution in [0.5, 0.6) is 0 Å². The van der Waals surface area contributed by atoms with Crippen molar-refractivity contribution in [3.8, 4) is 0 Å². The minimum Gasteiger partial charge on any atom is -0.464 e. The Morgan fingerprint density at radius 2 is 2.04 bits per heavy atom. The molecule has 0 aromatic heterocycles. The fourth-order valence-corrected chi connectivity index (χ4v) is 5.58. The minimum absolute atomic E-state index is 0.0503. The van der Waals surface area contributed by atoms with Gasteiger partial charge in [-0.1, -0.05) is 38.3 Å². The summed E-state index contributed by atoms with van der Waals surface area (Å²) in [4.78, 5) is 27.5. The molecule has 1 aliphatic heterocycles. The van der Waals surface area contributed by atoms with Gasteiger partial charge in [0, 0.05) is 11.4 Å². The summed E-state index contributed by atoms with van der Waals surface area (Å²) in [6, 6.07) is 7.06. The van der Waals surface area contributed by atoms with Crippen molar-refractivity contribution in [2.24, 2.45) is 5.92 Å². The van der Waals surface area contributed by atoms with Crippen LogP contribution in [0.2, 0.25) is 0 Å². The van der Waals surface area contributed by atoms with E-state index in [4.69, 9.17) is 4.74 Å². The summed E-state index contributed by atoms with van der Waals surface area (Å²) in [5, 5.41) is 3.05. The molecule has 1 N–H and O–H groups in total. The van der Waals surface area contributed by atoms with E-state index in [1.54, 1.807) is 16.7 Å². The summed E-state index contributed by atoms with van der Waals surface area (Å²) >= 11 is 1.73. The van der Waals surface area contributed by atoms with Crippen molar-refractivity contribution < 1.29 is 14.3 Å². The number of hydrogen-bond acceptors (Lipinski definition) is 4. The fourth-order valence-electron chi connectivity index (χ4n) is 3.96. The number of esters is 1. The fraction of sp³-hybridized carbons (Fsp3) is 0.619. The average molecular weight is 391 g/mol. The van der Waals surface area contributed by atoms with Crippen molar-refractivity contribution in [1.82, 2.24) is 4.90 Å². The Hall–Kier alpha value is -1.69. The molecule has 2 atom stereocenters. The normalized spacial score (nSPS) is 23.3. The summed E-state index contributed by atoms with van der Waals surface area (Å²) in [5.41, 5.74) is 1.85. The van der Waals surface area contributed by atoms with Crippen LogP contribution in [0.25, 0.3) is 0 Å². The molecular formula is C21H30N2O3S. The molecule has 27 heavy (non-hydrogen) atoms. The van der Waals surface area contributed by atoms with E-state index in [2.05, 4.69) is 5.32 Å². The van der Waals surface area contributed by atoms with Crippen LogP contribution < -0.4 is 5.32 Å². The molecule has 2 unspecified atom stereocenters. The monoisotopic (exact) mass is 390 g/mol. The molecule has 5 nitrogen and oxygen atoms in total. The zero-order valence-electron chi connectivity index (χ0n) is 16.3. The molecule has 1 saturated carbocycles. The highest BCUT2D eigenvalue weighted by atomic mass is 32.2. The largest absolute Gasteiger partial charge is 0.464 e. The summed E-state index contributed by atoms with van der Waals surface area (Å²) < 4.78 is 5.39. The van der Waals surface area contributed by atoms with Crippen LogP contribution in [0.4, 0.5) is 10.5 Å². The van der Waals surface area contributed by atoms with Crippen molar-refractivity contribution in [3.05, 3.63) is 29.8 Å². The quantitative estimate of drug-likeness (QED) is 0.734. The van der Waals surface area contributed by atoms with Crippen molar-refractivity contribution >= 4 is 29.4 Å². The molecule has 0 bridgehead atoms. The molecule has 2 aliphatic rings. The van der Waals surface area contributed by atoms with Crippen LogP contribution in [0.15, 0.2) is 24.3 Å². The lowest BCUT2D eigenvalue weighted by Crippen LogP contribution is -2.50. The van der Waals surface area contributed by atoms with E-state index >= 15 is 0 Å². The van der Waals surface area contributed by atoms with Crippen LogP contribution in [0.3, 0.4) is 0 Å². The van der Waals surface area contributed by atoms with Gasteiger partial charge in [0.2, 0.25) is 0 Å². The zero-order valence-corrected chi connectivity index (χ0v) is 17.1. The van der Waals surface area contributed by atoms with E-state index in [0.717, 1.165) is 30.5 Å². The van der Waals surface area contributed by atoms with Crippen molar-refractivity contribution in [2.45, 2.75) is 63.8 Å². The van der Waals surface area contributed by atoms with Gasteiger partial charge in [-0.05, 0) is 49.8 Å². The number of urea groups is 1. The van der Waals surface area contributed by atoms with E-state index in [9.17, 15) is 9.59 Å². The smallest absolute Gasteiger partial charge is 0.329 e. The third kappa shape index (κ3) is 4.98. The molecule has 1 aromatic carbocycles. The van der Waals surface area contributed by atoms with Gasteiger partial charge in [-0.3, -0.25) is 4.90 Å². The number of amides is 2. The first-order chi connectivity index (χ1) is 13.1. The first-order valence-corrected chi connectivity index (χ1v) is 11.1. The summed E-state index contributed by atoms with van der Waals surface area (Å²) in [6.07, 6.45) is 6.73. The molecule has 1 saturated heterocycles. The average Bonchev–Trinajstić information content (AvgIpc) is 3.12. The van der Waals surface area contributed by atoms with Crippen LogP contribution in [0, 0.1) is 12.8 Å². The predicted octanol–water partition coefficient (Wildman–Crippen LogP) is 4.80. The standard InChI is InChI=1S/C21H30N2O3S/c1-3-12-26-20(24)18-14-27-19(16-9-5-4-6-10-16)23(18)21(25)22-17-11-7-8-15(2)13-17/h7-8,11,13,16,18-19H,3-6,9-10,12,14H2,1-2H3,(H,22,25). The lowest BCUT2D eigenvalue weighted by molar-refractivity contribution is -0.148. The lowest BCUT2D eigenvalue weighted by atomic mass is 9.88. The van der Waals surface area contributed by atoms with Crippen molar-refractivity contribution in [3.63, 3.8) is 0 Å². The molecule has 0 spiro atoms. The van der Waals surface area contributed by atoms with Gasteiger partial charge >= 0.3 is 12.0 Å². The molecular weight excluding hydrogens is 360 g/mol. The molecule has 1 aromatic rings. The molecule has 0 radical (unpaired) electrons. The molecule has 6 heteroatoms. The van der Waals surface area contributed by atoms with E-state index in [1.807, 2.05) is 38.1 Å². The Kier molecular flexibility index (Phi) is 7.05. The highest BCUT2D eigenvalue weighted by Crippen LogP contribution is 2.41. The van der Waals surface area contributed by atoms with E-state index in [0.29, 0.717) is 18.3 Å². The maximum atomic E-state index is 13.2. The van der Waals surface area contributed by atoms with Gasteiger partial charge in [0.1, 0.15) is 6.04 Å². The SMILES string of the molecule is CCCOC(=O)C1CSC(C2CCCCC2)N1C(=O)Nc1cccc(C)c1. The molecule has 2 fully saturated rings. The number of benzene rings is 1. The van der Waals surface area contributed by atoms with Gasteiger partial charge in [0.15, 0.2) is 0 Å². The second kappa shape index (κ2) is 9.49. The minimum atomic E-state index is -0.502. The number of carbonyl (C=O) groups is 2. The first-order valence-electron chi connectivity index (χ1n) is 10.0. The topological polar surface area (TPSA) is 58.6 Å². The number of anilines is 1. The number of nitrogens with one attached hydrogen (secondary N) is 1. The Balaban J connectivity index is 1.77. The lowest BCUT2D eigenvalue weighted by Gasteiger charge is -2.35. The zero-order chi connectivity index (χ0) is 19.2. The van der Waals surface area contributed by atoms with Gasteiger partial charge in [-0.2, -0.15) is 0 Å². The number of rotatable bonds is 5. The second-order valence-corrected chi connectivity index (χ2v) is 8.66. The Labute approximate surface area is 166 Å². The van der Waals surface area contributed by atoms with Crippen LogP contribution >= 0.6 is 11.8 Å². The van der Waals surface area contributed by atoms with Gasteiger partial charge in [0.25, 0.3) is 0 Å². The molecule has 3 rings (SSSR count). The van der Waals surface area contributed by atoms with E-state index < -0.39 is 6.04 Å². The van der Waals surface area contributed by atoms with E-state index in [1.165, 1.54) is 19.3 Å². The van der Waals surface area contributed by atoms with Gasteiger partial charge < -0.3 is 10.1 Å². The third-order valence-electron chi connectivity index (χ3n) is 5.31.